The normalized spacial score (nSPS) is 25.1. The highest BCUT2D eigenvalue weighted by Gasteiger charge is 2.54. The molecule has 1 N–H and O–H groups in total. The fourth-order valence-corrected chi connectivity index (χ4v) is 5.91. The van der Waals surface area contributed by atoms with Crippen LogP contribution >= 0.6 is 0 Å². The number of aliphatic hydroxyl groups excluding tert-OH is 1. The minimum absolute atomic E-state index is 0.00267. The predicted molar refractivity (Wildman–Crippen MR) is 128 cm³/mol. The second-order valence-corrected chi connectivity index (χ2v) is 9.77. The molecule has 3 aliphatic heterocycles. The van der Waals surface area contributed by atoms with Gasteiger partial charge in [-0.3, -0.25) is 9.59 Å². The topological polar surface area (TPSA) is 79.3 Å². The molecule has 35 heavy (non-hydrogen) atoms. The molecule has 0 aromatic heterocycles. The molecule has 1 saturated carbocycles. The zero-order valence-electron chi connectivity index (χ0n) is 19.5. The largest absolute Gasteiger partial charge is 0.454 e. The minimum atomic E-state index is -0.272. The number of hydrogen-bond donors (Lipinski definition) is 1. The number of benzene rings is 2. The van der Waals surface area contributed by atoms with Crippen LogP contribution in [0, 0.1) is 17.8 Å². The van der Waals surface area contributed by atoms with E-state index >= 15 is 0 Å². The van der Waals surface area contributed by atoms with Crippen molar-refractivity contribution < 1.29 is 24.2 Å². The lowest BCUT2D eigenvalue weighted by Crippen LogP contribution is -2.73. The van der Waals surface area contributed by atoms with Gasteiger partial charge in [0.2, 0.25) is 12.7 Å². The number of nitrogens with zero attached hydrogens (tertiary/aromatic N) is 2. The van der Waals surface area contributed by atoms with Crippen LogP contribution in [0.15, 0.2) is 42.5 Å². The third kappa shape index (κ3) is 3.92. The number of hydrogen-bond acceptors (Lipinski definition) is 5. The molecule has 3 atom stereocenters. The van der Waals surface area contributed by atoms with E-state index in [1.807, 2.05) is 24.3 Å². The minimum Gasteiger partial charge on any atom is -0.454 e. The summed E-state index contributed by atoms with van der Waals surface area (Å²) in [6.07, 6.45) is 4.93. The van der Waals surface area contributed by atoms with E-state index in [-0.39, 0.29) is 49.8 Å². The first-order valence-corrected chi connectivity index (χ1v) is 12.3. The third-order valence-corrected chi connectivity index (χ3v) is 7.73. The van der Waals surface area contributed by atoms with E-state index in [0.717, 1.165) is 11.1 Å². The van der Waals surface area contributed by atoms with Gasteiger partial charge in [-0.25, -0.2) is 0 Å². The van der Waals surface area contributed by atoms with Gasteiger partial charge in [0, 0.05) is 29.5 Å². The second kappa shape index (κ2) is 8.94. The van der Waals surface area contributed by atoms with E-state index in [4.69, 9.17) is 9.47 Å². The fraction of sp³-hybridized carbons (Fsp3) is 0.429. The highest BCUT2D eigenvalue weighted by atomic mass is 16.7. The zero-order valence-corrected chi connectivity index (χ0v) is 19.5. The molecule has 0 radical (unpaired) electrons. The first kappa shape index (κ1) is 22.0. The van der Waals surface area contributed by atoms with Crippen LogP contribution in [0.3, 0.4) is 0 Å². The predicted octanol–water partition coefficient (Wildman–Crippen LogP) is 2.77. The van der Waals surface area contributed by atoms with Crippen molar-refractivity contribution in [2.75, 3.05) is 26.5 Å². The van der Waals surface area contributed by atoms with E-state index in [0.29, 0.717) is 29.5 Å². The average molecular weight is 473 g/mol. The quantitative estimate of drug-likeness (QED) is 0.695. The standard InChI is InChI=1S/C28H28N2O5/c31-16-23-27(20-9-7-19(8-10-20)6-5-18-3-1-2-4-18)22-14-29(15-26(32)30(22)23)28(33)21-11-12-24-25(13-21)35-17-34-24/h7-13,18,22-23,27,31H,1-4,14-17H2/t22-,23+,27-/m0/s1. The van der Waals surface area contributed by atoms with Crippen molar-refractivity contribution in [1.29, 1.82) is 0 Å². The molecule has 6 rings (SSSR count). The second-order valence-electron chi connectivity index (χ2n) is 9.77. The van der Waals surface area contributed by atoms with Crippen molar-refractivity contribution in [2.45, 2.75) is 43.7 Å². The maximum atomic E-state index is 13.2. The van der Waals surface area contributed by atoms with Crippen molar-refractivity contribution in [3.63, 3.8) is 0 Å². The van der Waals surface area contributed by atoms with Crippen molar-refractivity contribution in [3.8, 4) is 23.3 Å². The zero-order chi connectivity index (χ0) is 23.9. The molecular formula is C28H28N2O5. The number of amides is 2. The molecule has 3 fully saturated rings. The first-order chi connectivity index (χ1) is 17.1. The summed E-state index contributed by atoms with van der Waals surface area (Å²) in [6.45, 7) is 0.458. The Morgan fingerprint density at radius 1 is 1.06 bits per heavy atom. The number of fused-ring (bicyclic) bond motifs is 2. The van der Waals surface area contributed by atoms with Crippen LogP contribution in [0.2, 0.25) is 0 Å². The van der Waals surface area contributed by atoms with Crippen LogP contribution in [0.5, 0.6) is 11.5 Å². The number of rotatable bonds is 3. The van der Waals surface area contributed by atoms with Crippen molar-refractivity contribution in [2.24, 2.45) is 5.92 Å². The summed E-state index contributed by atoms with van der Waals surface area (Å²) in [7, 11) is 0. The van der Waals surface area contributed by atoms with Gasteiger partial charge in [0.25, 0.3) is 5.91 Å². The lowest BCUT2D eigenvalue weighted by Gasteiger charge is -2.58. The molecule has 3 heterocycles. The van der Waals surface area contributed by atoms with Gasteiger partial charge in [-0.05, 0) is 48.7 Å². The molecule has 0 unspecified atom stereocenters. The Hall–Kier alpha value is -3.50. The number of piperazine rings is 1. The smallest absolute Gasteiger partial charge is 0.254 e. The molecule has 2 saturated heterocycles. The number of carbonyl (C=O) groups is 2. The van der Waals surface area contributed by atoms with E-state index in [2.05, 4.69) is 11.8 Å². The monoisotopic (exact) mass is 472 g/mol. The SMILES string of the molecule is O=C(c1ccc2c(c1)OCO2)N1CC(=O)N2[C@H](CO)[C@@H](c3ccc(C#CC4CCCC4)cc3)[C@@H]2C1. The summed E-state index contributed by atoms with van der Waals surface area (Å²) in [5, 5.41) is 10.1. The molecule has 2 amide bonds. The fourth-order valence-electron chi connectivity index (χ4n) is 5.91. The van der Waals surface area contributed by atoms with E-state index in [9.17, 15) is 14.7 Å². The van der Waals surface area contributed by atoms with Crippen LogP contribution in [0.1, 0.15) is 53.1 Å². The molecule has 2 aromatic carbocycles. The maximum Gasteiger partial charge on any atom is 0.254 e. The third-order valence-electron chi connectivity index (χ3n) is 7.73. The van der Waals surface area contributed by atoms with E-state index in [1.165, 1.54) is 25.7 Å². The van der Waals surface area contributed by atoms with Crippen molar-refractivity contribution >= 4 is 11.8 Å². The Morgan fingerprint density at radius 3 is 2.60 bits per heavy atom. The first-order valence-electron chi connectivity index (χ1n) is 12.3. The van der Waals surface area contributed by atoms with E-state index < -0.39 is 0 Å². The molecule has 7 heteroatoms. The lowest BCUT2D eigenvalue weighted by atomic mass is 9.73. The molecule has 1 aliphatic carbocycles. The summed E-state index contributed by atoms with van der Waals surface area (Å²) in [5.41, 5.74) is 2.51. The molecule has 2 aromatic rings. The summed E-state index contributed by atoms with van der Waals surface area (Å²) < 4.78 is 10.7. The number of carbonyl (C=O) groups excluding carboxylic acids is 2. The van der Waals surface area contributed by atoms with Gasteiger partial charge in [-0.15, -0.1) is 0 Å². The van der Waals surface area contributed by atoms with Gasteiger partial charge in [-0.2, -0.15) is 0 Å². The van der Waals surface area contributed by atoms with Gasteiger partial charge in [-0.1, -0.05) is 36.8 Å². The van der Waals surface area contributed by atoms with E-state index in [1.54, 1.807) is 28.0 Å². The Labute approximate surface area is 204 Å². The Morgan fingerprint density at radius 2 is 1.83 bits per heavy atom. The van der Waals surface area contributed by atoms with Crippen molar-refractivity contribution in [3.05, 3.63) is 59.2 Å². The van der Waals surface area contributed by atoms with Crippen LogP contribution in [0.25, 0.3) is 0 Å². The molecule has 4 aliphatic rings. The van der Waals surface area contributed by atoms with Crippen LogP contribution in [-0.4, -0.2) is 65.3 Å². The highest BCUT2D eigenvalue weighted by Crippen LogP contribution is 2.43. The summed E-state index contributed by atoms with van der Waals surface area (Å²) in [6, 6.07) is 12.8. The Bertz CT molecular complexity index is 1210. The molecule has 0 spiro atoms. The molecule has 7 nitrogen and oxygen atoms in total. The van der Waals surface area contributed by atoms with Gasteiger partial charge < -0.3 is 24.4 Å². The number of aliphatic hydroxyl groups is 1. The van der Waals surface area contributed by atoms with Gasteiger partial charge >= 0.3 is 0 Å². The Balaban J connectivity index is 1.19. The Kier molecular flexibility index (Phi) is 5.62. The summed E-state index contributed by atoms with van der Waals surface area (Å²) in [4.78, 5) is 29.5. The summed E-state index contributed by atoms with van der Waals surface area (Å²) in [5.74, 6) is 7.98. The molecular weight excluding hydrogens is 444 g/mol. The lowest BCUT2D eigenvalue weighted by molar-refractivity contribution is -0.159. The number of ether oxygens (including phenoxy) is 2. The van der Waals surface area contributed by atoms with Crippen LogP contribution in [0.4, 0.5) is 0 Å². The highest BCUT2D eigenvalue weighted by molar-refractivity contribution is 5.98. The average Bonchev–Trinajstić information content (AvgIpc) is 3.56. The maximum absolute atomic E-state index is 13.2. The van der Waals surface area contributed by atoms with Crippen LogP contribution < -0.4 is 9.47 Å². The van der Waals surface area contributed by atoms with Gasteiger partial charge in [0.05, 0.1) is 18.7 Å². The van der Waals surface area contributed by atoms with Crippen LogP contribution in [-0.2, 0) is 4.79 Å². The molecule has 180 valence electrons. The van der Waals surface area contributed by atoms with Gasteiger partial charge in [0.15, 0.2) is 11.5 Å². The summed E-state index contributed by atoms with van der Waals surface area (Å²) >= 11 is 0. The van der Waals surface area contributed by atoms with Crippen molar-refractivity contribution in [1.82, 2.24) is 9.80 Å². The van der Waals surface area contributed by atoms with Gasteiger partial charge in [0.1, 0.15) is 6.54 Å². The molecule has 0 bridgehead atoms.